The molecule has 180 valence electrons. The molecule has 36 heavy (non-hydrogen) atoms. The summed E-state index contributed by atoms with van der Waals surface area (Å²) < 4.78 is 39.3. The summed E-state index contributed by atoms with van der Waals surface area (Å²) in [4.78, 5) is 0.0270. The smallest absolute Gasteiger partial charge is 0.339 e. The molecule has 0 spiro atoms. The summed E-state index contributed by atoms with van der Waals surface area (Å²) in [5.74, 6) is -0.386. The Hall–Kier alpha value is -4.55. The van der Waals surface area contributed by atoms with E-state index in [9.17, 15) is 13.7 Å². The van der Waals surface area contributed by atoms with E-state index in [0.717, 1.165) is 11.3 Å². The number of nitrogens with zero attached hydrogens (tertiary/aromatic N) is 3. The topological polar surface area (TPSA) is 120 Å². The van der Waals surface area contributed by atoms with E-state index >= 15 is 0 Å². The highest BCUT2D eigenvalue weighted by molar-refractivity contribution is 7.87. The third-order valence-corrected chi connectivity index (χ3v) is 7.22. The minimum absolute atomic E-state index is 0.0270. The monoisotopic (exact) mass is 498 g/mol. The predicted octanol–water partition coefficient (Wildman–Crippen LogP) is 4.48. The molecule has 0 saturated heterocycles. The number of aryl methyl sites for hydroxylation is 2. The first-order valence-electron chi connectivity index (χ1n) is 11.1. The van der Waals surface area contributed by atoms with Crippen LogP contribution in [0.2, 0.25) is 0 Å². The van der Waals surface area contributed by atoms with Gasteiger partial charge in [0, 0.05) is 5.56 Å². The molecular weight excluding hydrogens is 476 g/mol. The molecule has 0 saturated carbocycles. The first-order chi connectivity index (χ1) is 17.3. The Morgan fingerprint density at radius 1 is 1.00 bits per heavy atom. The summed E-state index contributed by atoms with van der Waals surface area (Å²) >= 11 is 0. The zero-order valence-corrected chi connectivity index (χ0v) is 20.4. The molecule has 1 atom stereocenters. The predicted molar refractivity (Wildman–Crippen MR) is 133 cm³/mol. The lowest BCUT2D eigenvalue weighted by Gasteiger charge is -2.26. The summed E-state index contributed by atoms with van der Waals surface area (Å²) in [6, 6.07) is 24.6. The zero-order chi connectivity index (χ0) is 25.4. The molecule has 0 aliphatic carbocycles. The number of benzene rings is 3. The van der Waals surface area contributed by atoms with E-state index in [1.54, 1.807) is 48.0 Å². The molecule has 9 heteroatoms. The number of nitriles is 1. The van der Waals surface area contributed by atoms with Gasteiger partial charge in [0.1, 0.15) is 22.3 Å². The van der Waals surface area contributed by atoms with Crippen LogP contribution in [0.15, 0.2) is 95.2 Å². The van der Waals surface area contributed by atoms with E-state index in [2.05, 4.69) is 11.2 Å². The molecule has 2 N–H and O–H groups in total. The van der Waals surface area contributed by atoms with Gasteiger partial charge in [-0.3, -0.25) is 0 Å². The van der Waals surface area contributed by atoms with Gasteiger partial charge in [-0.1, -0.05) is 54.1 Å². The van der Waals surface area contributed by atoms with Crippen LogP contribution in [0.3, 0.4) is 0 Å². The van der Waals surface area contributed by atoms with Gasteiger partial charge in [-0.05, 0) is 44.2 Å². The standard InChI is InChI=1S/C27H22N4O4S/c1-17-12-14-20(15-13-17)36(32,33)35-23-11-7-6-10-21(23)25-22(16-28)26(29)34-27-24(25)18(2)30-31(27)19-8-4-3-5-9-19/h3-15,25H,29H2,1-2H3. The average Bonchev–Trinajstić information content (AvgIpc) is 3.20. The van der Waals surface area contributed by atoms with Crippen molar-refractivity contribution in [2.45, 2.75) is 24.7 Å². The Balaban J connectivity index is 1.66. The molecule has 1 aliphatic rings. The Labute approximate surface area is 208 Å². The van der Waals surface area contributed by atoms with Gasteiger partial charge in [0.05, 0.1) is 22.9 Å². The van der Waals surface area contributed by atoms with Crippen LogP contribution in [0.4, 0.5) is 0 Å². The SMILES string of the molecule is Cc1ccc(S(=O)(=O)Oc2ccccc2C2C(C#N)=C(N)Oc3c2c(C)nn3-c2ccccc2)cc1. The van der Waals surface area contributed by atoms with Crippen LogP contribution in [0.1, 0.15) is 28.3 Å². The number of fused-ring (bicyclic) bond motifs is 1. The van der Waals surface area contributed by atoms with Crippen LogP contribution < -0.4 is 14.7 Å². The maximum absolute atomic E-state index is 13.1. The van der Waals surface area contributed by atoms with Crippen molar-refractivity contribution >= 4 is 10.1 Å². The van der Waals surface area contributed by atoms with Gasteiger partial charge in [-0.15, -0.1) is 0 Å². The third-order valence-electron chi connectivity index (χ3n) is 5.97. The first-order valence-corrected chi connectivity index (χ1v) is 12.5. The van der Waals surface area contributed by atoms with Gasteiger partial charge >= 0.3 is 10.1 Å². The molecule has 0 amide bonds. The van der Waals surface area contributed by atoms with Crippen molar-refractivity contribution in [2.24, 2.45) is 5.73 Å². The minimum atomic E-state index is -4.14. The van der Waals surface area contributed by atoms with Crippen molar-refractivity contribution in [3.8, 4) is 23.4 Å². The van der Waals surface area contributed by atoms with Crippen molar-refractivity contribution in [1.82, 2.24) is 9.78 Å². The van der Waals surface area contributed by atoms with Crippen molar-refractivity contribution in [3.05, 3.63) is 113 Å². The second-order valence-electron chi connectivity index (χ2n) is 8.36. The molecule has 1 unspecified atom stereocenters. The highest BCUT2D eigenvalue weighted by Gasteiger charge is 2.38. The lowest BCUT2D eigenvalue weighted by Crippen LogP contribution is -2.23. The van der Waals surface area contributed by atoms with Crippen LogP contribution in [0.5, 0.6) is 11.6 Å². The highest BCUT2D eigenvalue weighted by Crippen LogP contribution is 2.47. The lowest BCUT2D eigenvalue weighted by molar-refractivity contribution is 0.366. The van der Waals surface area contributed by atoms with Gasteiger partial charge < -0.3 is 14.7 Å². The van der Waals surface area contributed by atoms with Crippen LogP contribution >= 0.6 is 0 Å². The van der Waals surface area contributed by atoms with Crippen LogP contribution in [0.25, 0.3) is 5.69 Å². The minimum Gasteiger partial charge on any atom is -0.422 e. The lowest BCUT2D eigenvalue weighted by atomic mass is 9.83. The van der Waals surface area contributed by atoms with Crippen molar-refractivity contribution in [3.63, 3.8) is 0 Å². The Morgan fingerprint density at radius 3 is 2.36 bits per heavy atom. The van der Waals surface area contributed by atoms with E-state index in [0.29, 0.717) is 22.7 Å². The fraction of sp³-hybridized carbons (Fsp3) is 0.111. The number of para-hydroxylation sites is 2. The zero-order valence-electron chi connectivity index (χ0n) is 19.5. The average molecular weight is 499 g/mol. The number of rotatable bonds is 5. The second kappa shape index (κ2) is 8.91. The number of aromatic nitrogens is 2. The fourth-order valence-corrected chi connectivity index (χ4v) is 5.19. The van der Waals surface area contributed by atoms with Crippen molar-refractivity contribution in [1.29, 1.82) is 5.26 Å². The van der Waals surface area contributed by atoms with E-state index in [4.69, 9.17) is 14.7 Å². The molecule has 1 aliphatic heterocycles. The molecule has 1 aromatic heterocycles. The number of hydrogen-bond acceptors (Lipinski definition) is 7. The molecule has 0 bridgehead atoms. The van der Waals surface area contributed by atoms with Crippen molar-refractivity contribution < 1.29 is 17.3 Å². The van der Waals surface area contributed by atoms with Gasteiger partial charge in [-0.25, -0.2) is 4.68 Å². The number of hydrogen-bond donors (Lipinski definition) is 1. The van der Waals surface area contributed by atoms with Crippen LogP contribution in [-0.4, -0.2) is 18.2 Å². The highest BCUT2D eigenvalue weighted by atomic mass is 32.2. The molecule has 5 rings (SSSR count). The molecule has 8 nitrogen and oxygen atoms in total. The fourth-order valence-electron chi connectivity index (χ4n) is 4.24. The largest absolute Gasteiger partial charge is 0.422 e. The van der Waals surface area contributed by atoms with Gasteiger partial charge in [0.2, 0.25) is 11.8 Å². The summed E-state index contributed by atoms with van der Waals surface area (Å²) in [5, 5.41) is 14.6. The second-order valence-corrected chi connectivity index (χ2v) is 9.91. The quantitative estimate of drug-likeness (QED) is 0.403. The summed E-state index contributed by atoms with van der Waals surface area (Å²) in [6.07, 6.45) is 0. The summed E-state index contributed by atoms with van der Waals surface area (Å²) in [7, 11) is -4.14. The van der Waals surface area contributed by atoms with E-state index < -0.39 is 16.0 Å². The van der Waals surface area contributed by atoms with E-state index in [-0.39, 0.29) is 22.1 Å². The van der Waals surface area contributed by atoms with Crippen molar-refractivity contribution in [2.75, 3.05) is 0 Å². The van der Waals surface area contributed by atoms with E-state index in [1.807, 2.05) is 37.3 Å². The first kappa shape index (κ1) is 23.2. The molecule has 0 fully saturated rings. The Kier molecular flexibility index (Phi) is 5.74. The molecule has 3 aromatic carbocycles. The van der Waals surface area contributed by atoms with Crippen LogP contribution in [0, 0.1) is 25.2 Å². The van der Waals surface area contributed by atoms with Gasteiger partial charge in [-0.2, -0.15) is 18.8 Å². The molecule has 2 heterocycles. The molecule has 0 radical (unpaired) electrons. The summed E-state index contributed by atoms with van der Waals surface area (Å²) in [5.41, 5.74) is 9.69. The summed E-state index contributed by atoms with van der Waals surface area (Å²) in [6.45, 7) is 3.67. The number of nitrogens with two attached hydrogens (primary N) is 1. The van der Waals surface area contributed by atoms with E-state index in [1.165, 1.54) is 12.1 Å². The molecular formula is C27H22N4O4S. The molecule has 4 aromatic rings. The normalized spacial score (nSPS) is 15.1. The van der Waals surface area contributed by atoms with Crippen LogP contribution in [-0.2, 0) is 10.1 Å². The Morgan fingerprint density at radius 2 is 1.67 bits per heavy atom. The van der Waals surface area contributed by atoms with Gasteiger partial charge in [0.15, 0.2) is 0 Å². The van der Waals surface area contributed by atoms with Gasteiger partial charge in [0.25, 0.3) is 0 Å². The number of allylic oxidation sites excluding steroid dienone is 1. The maximum Gasteiger partial charge on any atom is 0.339 e. The third kappa shape index (κ3) is 3.97. The maximum atomic E-state index is 13.1. The Bertz CT molecular complexity index is 1630. The number of ether oxygens (including phenoxy) is 1.